The van der Waals surface area contributed by atoms with E-state index in [1.54, 1.807) is 35.7 Å². The van der Waals surface area contributed by atoms with Crippen LogP contribution in [0.1, 0.15) is 11.3 Å². The van der Waals surface area contributed by atoms with Gasteiger partial charge in [0.05, 0.1) is 12.1 Å². The lowest BCUT2D eigenvalue weighted by molar-refractivity contribution is -0.115. The summed E-state index contributed by atoms with van der Waals surface area (Å²) in [5.41, 5.74) is 2.62. The lowest BCUT2D eigenvalue weighted by Crippen LogP contribution is -2.14. The lowest BCUT2D eigenvalue weighted by Gasteiger charge is -2.06. The molecule has 1 amide bonds. The second kappa shape index (κ2) is 7.36. The molecular weight excluding hydrogens is 379 g/mol. The van der Waals surface area contributed by atoms with Gasteiger partial charge in [-0.05, 0) is 36.8 Å². The average molecular weight is 394 g/mol. The number of anilines is 1. The minimum atomic E-state index is -0.430. The maximum Gasteiger partial charge on any atom is 0.336 e. The minimum absolute atomic E-state index is 0.0849. The second-order valence-corrected chi connectivity index (χ2v) is 7.20. The van der Waals surface area contributed by atoms with E-state index in [4.69, 9.17) is 4.42 Å². The Morgan fingerprint density at radius 3 is 2.89 bits per heavy atom. The summed E-state index contributed by atoms with van der Waals surface area (Å²) < 4.78 is 18.6. The molecule has 0 saturated heterocycles. The summed E-state index contributed by atoms with van der Waals surface area (Å²) in [5, 5.41) is 6.04. The number of thiazole rings is 1. The Hall–Kier alpha value is -3.32. The summed E-state index contributed by atoms with van der Waals surface area (Å²) in [4.78, 5) is 28.3. The summed E-state index contributed by atoms with van der Waals surface area (Å²) in [5.74, 6) is -0.573. The molecule has 2 aromatic carbocycles. The smallest absolute Gasteiger partial charge is 0.336 e. The van der Waals surface area contributed by atoms with E-state index in [9.17, 15) is 14.0 Å². The first-order chi connectivity index (χ1) is 13.5. The first-order valence-corrected chi connectivity index (χ1v) is 9.40. The van der Waals surface area contributed by atoms with Crippen LogP contribution in [0.15, 0.2) is 63.1 Å². The van der Waals surface area contributed by atoms with Crippen LogP contribution in [0.3, 0.4) is 0 Å². The molecular formula is C21H15FN2O3S. The number of carbonyl (C=O) groups excluding carboxylic acids is 1. The summed E-state index contributed by atoms with van der Waals surface area (Å²) in [6.45, 7) is 1.83. The predicted molar refractivity (Wildman–Crippen MR) is 107 cm³/mol. The molecule has 0 radical (unpaired) electrons. The number of halogens is 1. The van der Waals surface area contributed by atoms with Gasteiger partial charge in [0.15, 0.2) is 0 Å². The number of benzene rings is 2. The van der Waals surface area contributed by atoms with Crippen molar-refractivity contribution in [3.05, 3.63) is 81.4 Å². The Balaban J connectivity index is 1.49. The van der Waals surface area contributed by atoms with Gasteiger partial charge in [0.1, 0.15) is 16.4 Å². The normalized spacial score (nSPS) is 10.9. The first-order valence-electron chi connectivity index (χ1n) is 8.53. The number of hydrogen-bond acceptors (Lipinski definition) is 5. The molecule has 2 aromatic heterocycles. The van der Waals surface area contributed by atoms with E-state index in [0.717, 1.165) is 10.9 Å². The zero-order valence-corrected chi connectivity index (χ0v) is 15.7. The topological polar surface area (TPSA) is 72.2 Å². The van der Waals surface area contributed by atoms with Crippen molar-refractivity contribution in [2.45, 2.75) is 13.3 Å². The SMILES string of the molecule is Cc1cc(=O)oc2cc(NC(=O)Cc3csc(-c4cccc(F)c4)n3)ccc12. The van der Waals surface area contributed by atoms with Crippen LogP contribution in [0.4, 0.5) is 10.1 Å². The fraction of sp³-hybridized carbons (Fsp3) is 0.0952. The molecule has 0 aliphatic carbocycles. The Bertz CT molecular complexity index is 1250. The van der Waals surface area contributed by atoms with Crippen molar-refractivity contribution in [2.24, 2.45) is 0 Å². The molecule has 2 heterocycles. The van der Waals surface area contributed by atoms with E-state index in [1.165, 1.54) is 29.5 Å². The number of aryl methyl sites for hydroxylation is 1. The van der Waals surface area contributed by atoms with Crippen molar-refractivity contribution in [3.8, 4) is 10.6 Å². The van der Waals surface area contributed by atoms with E-state index < -0.39 is 5.63 Å². The number of fused-ring (bicyclic) bond motifs is 1. The molecule has 4 rings (SSSR count). The van der Waals surface area contributed by atoms with Gasteiger partial charge >= 0.3 is 5.63 Å². The van der Waals surface area contributed by atoms with Crippen molar-refractivity contribution < 1.29 is 13.6 Å². The minimum Gasteiger partial charge on any atom is -0.423 e. The number of hydrogen-bond donors (Lipinski definition) is 1. The van der Waals surface area contributed by atoms with Crippen molar-refractivity contribution in [2.75, 3.05) is 5.32 Å². The summed E-state index contributed by atoms with van der Waals surface area (Å²) in [6, 6.07) is 12.8. The van der Waals surface area contributed by atoms with Crippen LogP contribution < -0.4 is 10.9 Å². The van der Waals surface area contributed by atoms with E-state index in [1.807, 2.05) is 6.92 Å². The molecule has 4 aromatic rings. The number of nitrogens with zero attached hydrogens (tertiary/aromatic N) is 1. The largest absolute Gasteiger partial charge is 0.423 e. The van der Waals surface area contributed by atoms with Gasteiger partial charge in [-0.25, -0.2) is 14.2 Å². The molecule has 140 valence electrons. The first kappa shape index (κ1) is 18.1. The monoisotopic (exact) mass is 394 g/mol. The standard InChI is InChI=1S/C21H15FN2O3S/c1-12-7-20(26)27-18-9-15(5-6-17(12)18)23-19(25)10-16-11-28-21(24-16)13-3-2-4-14(22)8-13/h2-9,11H,10H2,1H3,(H,23,25). The predicted octanol–water partition coefficient (Wildman–Crippen LogP) is 4.55. The molecule has 1 N–H and O–H groups in total. The third-order valence-electron chi connectivity index (χ3n) is 4.20. The average Bonchev–Trinajstić information content (AvgIpc) is 3.09. The van der Waals surface area contributed by atoms with E-state index in [2.05, 4.69) is 10.3 Å². The van der Waals surface area contributed by atoms with Crippen LogP contribution in [-0.2, 0) is 11.2 Å². The Morgan fingerprint density at radius 2 is 2.07 bits per heavy atom. The van der Waals surface area contributed by atoms with Crippen LogP contribution in [0.25, 0.3) is 21.5 Å². The molecule has 0 aliphatic rings. The number of aromatic nitrogens is 1. The van der Waals surface area contributed by atoms with E-state index >= 15 is 0 Å². The van der Waals surface area contributed by atoms with Crippen LogP contribution in [0.5, 0.6) is 0 Å². The number of carbonyl (C=O) groups is 1. The highest BCUT2D eigenvalue weighted by molar-refractivity contribution is 7.13. The molecule has 0 saturated carbocycles. The van der Waals surface area contributed by atoms with Crippen LogP contribution in [0.2, 0.25) is 0 Å². The molecule has 0 fully saturated rings. The fourth-order valence-electron chi connectivity index (χ4n) is 2.91. The quantitative estimate of drug-likeness (QED) is 0.516. The van der Waals surface area contributed by atoms with Gasteiger partial charge in [-0.3, -0.25) is 4.79 Å². The summed E-state index contributed by atoms with van der Waals surface area (Å²) >= 11 is 1.36. The van der Waals surface area contributed by atoms with Gasteiger partial charge in [0, 0.05) is 34.1 Å². The van der Waals surface area contributed by atoms with Crippen molar-refractivity contribution in [3.63, 3.8) is 0 Å². The Labute approximate surface area is 163 Å². The third-order valence-corrected chi connectivity index (χ3v) is 5.14. The molecule has 0 unspecified atom stereocenters. The maximum absolute atomic E-state index is 13.4. The Kier molecular flexibility index (Phi) is 4.75. The third kappa shape index (κ3) is 3.84. The van der Waals surface area contributed by atoms with Gasteiger partial charge in [-0.15, -0.1) is 11.3 Å². The molecule has 5 nitrogen and oxygen atoms in total. The second-order valence-electron chi connectivity index (χ2n) is 6.34. The molecule has 0 bridgehead atoms. The van der Waals surface area contributed by atoms with Crippen molar-refractivity contribution >= 4 is 33.9 Å². The number of rotatable bonds is 4. The molecule has 0 atom stereocenters. The zero-order chi connectivity index (χ0) is 19.7. The Morgan fingerprint density at radius 1 is 1.21 bits per heavy atom. The summed E-state index contributed by atoms with van der Waals surface area (Å²) in [7, 11) is 0. The summed E-state index contributed by atoms with van der Waals surface area (Å²) in [6.07, 6.45) is 0.0849. The van der Waals surface area contributed by atoms with Gasteiger partial charge in [0.2, 0.25) is 5.91 Å². The fourth-order valence-corrected chi connectivity index (χ4v) is 3.73. The maximum atomic E-state index is 13.4. The molecule has 28 heavy (non-hydrogen) atoms. The van der Waals surface area contributed by atoms with Crippen LogP contribution >= 0.6 is 11.3 Å². The number of amides is 1. The number of nitrogens with one attached hydrogen (secondary N) is 1. The van der Waals surface area contributed by atoms with Gasteiger partial charge in [-0.2, -0.15) is 0 Å². The van der Waals surface area contributed by atoms with Crippen molar-refractivity contribution in [1.82, 2.24) is 4.98 Å². The zero-order valence-electron chi connectivity index (χ0n) is 14.9. The van der Waals surface area contributed by atoms with Crippen molar-refractivity contribution in [1.29, 1.82) is 0 Å². The lowest BCUT2D eigenvalue weighted by atomic mass is 10.1. The van der Waals surface area contributed by atoms with Gasteiger partial charge in [-0.1, -0.05) is 12.1 Å². The van der Waals surface area contributed by atoms with E-state index in [0.29, 0.717) is 27.5 Å². The van der Waals surface area contributed by atoms with Crippen LogP contribution in [-0.4, -0.2) is 10.9 Å². The highest BCUT2D eigenvalue weighted by Gasteiger charge is 2.11. The van der Waals surface area contributed by atoms with Gasteiger partial charge < -0.3 is 9.73 Å². The van der Waals surface area contributed by atoms with Crippen LogP contribution in [0, 0.1) is 12.7 Å². The highest BCUT2D eigenvalue weighted by atomic mass is 32.1. The van der Waals surface area contributed by atoms with E-state index in [-0.39, 0.29) is 18.1 Å². The molecule has 0 aliphatic heterocycles. The molecule has 0 spiro atoms. The highest BCUT2D eigenvalue weighted by Crippen LogP contribution is 2.25. The van der Waals surface area contributed by atoms with Gasteiger partial charge in [0.25, 0.3) is 0 Å². The molecule has 7 heteroatoms.